The van der Waals surface area contributed by atoms with Crippen molar-refractivity contribution in [1.82, 2.24) is 4.31 Å². The lowest BCUT2D eigenvalue weighted by atomic mass is 10.0. The zero-order valence-corrected chi connectivity index (χ0v) is 11.7. The van der Waals surface area contributed by atoms with Crippen LogP contribution in [0.5, 0.6) is 0 Å². The summed E-state index contributed by atoms with van der Waals surface area (Å²) < 4.78 is 26.0. The Balaban J connectivity index is 2.33. The molecule has 1 atom stereocenters. The van der Waals surface area contributed by atoms with Crippen LogP contribution in [0.15, 0.2) is 29.2 Å². The summed E-state index contributed by atoms with van der Waals surface area (Å²) in [4.78, 5) is 21.4. The summed E-state index contributed by atoms with van der Waals surface area (Å²) >= 11 is 0. The fourth-order valence-corrected chi connectivity index (χ4v) is 3.67. The van der Waals surface area contributed by atoms with E-state index < -0.39 is 14.9 Å². The Hall–Kier alpha value is -1.80. The van der Waals surface area contributed by atoms with Crippen molar-refractivity contribution in [3.8, 4) is 0 Å². The molecule has 0 amide bonds. The van der Waals surface area contributed by atoms with Gasteiger partial charge in [-0.1, -0.05) is 13.0 Å². The zero-order chi connectivity index (χ0) is 14.9. The van der Waals surface area contributed by atoms with E-state index in [2.05, 4.69) is 0 Å². The van der Waals surface area contributed by atoms with Crippen LogP contribution in [-0.2, 0) is 14.8 Å². The molecule has 0 radical (unpaired) electrons. The lowest BCUT2D eigenvalue weighted by Gasteiger charge is -2.29. The Morgan fingerprint density at radius 3 is 2.70 bits per heavy atom. The van der Waals surface area contributed by atoms with Crippen LogP contribution in [0.1, 0.15) is 13.3 Å². The summed E-state index contributed by atoms with van der Waals surface area (Å²) in [7, 11) is -3.80. The van der Waals surface area contributed by atoms with E-state index >= 15 is 0 Å². The number of benzene rings is 1. The number of sulfonamides is 1. The Kier molecular flexibility index (Phi) is 3.87. The second-order valence-corrected chi connectivity index (χ2v) is 6.67. The number of nitro groups is 1. The average molecular weight is 298 g/mol. The third-order valence-electron chi connectivity index (χ3n) is 3.30. The van der Waals surface area contributed by atoms with Gasteiger partial charge in [-0.25, -0.2) is 8.42 Å². The number of nitrogens with zero attached hydrogens (tertiary/aromatic N) is 2. The van der Waals surface area contributed by atoms with Gasteiger partial charge in [0.15, 0.2) is 0 Å². The van der Waals surface area contributed by atoms with Gasteiger partial charge in [-0.05, 0) is 6.07 Å². The van der Waals surface area contributed by atoms with Crippen molar-refractivity contribution in [2.45, 2.75) is 18.2 Å². The number of carbonyl (C=O) groups is 1. The minimum Gasteiger partial charge on any atom is -0.299 e. The highest BCUT2D eigenvalue weighted by molar-refractivity contribution is 7.89. The van der Waals surface area contributed by atoms with Crippen LogP contribution in [0, 0.1) is 16.0 Å². The van der Waals surface area contributed by atoms with E-state index in [1.807, 2.05) is 0 Å². The predicted molar refractivity (Wildman–Crippen MR) is 70.6 cm³/mol. The average Bonchev–Trinajstić information content (AvgIpc) is 2.42. The molecule has 0 N–H and O–H groups in total. The summed E-state index contributed by atoms with van der Waals surface area (Å²) in [6, 6.07) is 4.94. The fourth-order valence-electron chi connectivity index (χ4n) is 2.10. The topological polar surface area (TPSA) is 97.6 Å². The summed E-state index contributed by atoms with van der Waals surface area (Å²) in [5.74, 6) is -0.312. The first-order chi connectivity index (χ1) is 9.32. The highest BCUT2D eigenvalue weighted by Crippen LogP contribution is 2.24. The molecule has 1 fully saturated rings. The minimum atomic E-state index is -3.80. The maximum Gasteiger partial charge on any atom is 0.270 e. The maximum atomic E-state index is 12.4. The Labute approximate surface area is 116 Å². The molecule has 0 aromatic heterocycles. The lowest BCUT2D eigenvalue weighted by molar-refractivity contribution is -0.385. The summed E-state index contributed by atoms with van der Waals surface area (Å²) in [6.45, 7) is 1.91. The molecule has 8 heteroatoms. The van der Waals surface area contributed by atoms with Gasteiger partial charge >= 0.3 is 0 Å². The van der Waals surface area contributed by atoms with Crippen molar-refractivity contribution < 1.29 is 18.1 Å². The minimum absolute atomic E-state index is 0.0375. The Morgan fingerprint density at radius 1 is 1.40 bits per heavy atom. The Morgan fingerprint density at radius 2 is 2.10 bits per heavy atom. The monoisotopic (exact) mass is 298 g/mol. The van der Waals surface area contributed by atoms with E-state index in [4.69, 9.17) is 0 Å². The molecule has 1 aromatic carbocycles. The van der Waals surface area contributed by atoms with Crippen molar-refractivity contribution in [3.63, 3.8) is 0 Å². The number of non-ortho nitro benzene ring substituents is 1. The number of nitro benzene ring substituents is 1. The third-order valence-corrected chi connectivity index (χ3v) is 5.16. The van der Waals surface area contributed by atoms with Crippen LogP contribution in [0.3, 0.4) is 0 Å². The standard InChI is InChI=1S/C12H14N2O5S/c1-9-8-13(6-5-12(9)15)20(18,19)11-4-2-3-10(7-11)14(16)17/h2-4,7,9H,5-6,8H2,1H3. The molecule has 1 aliphatic heterocycles. The first-order valence-electron chi connectivity index (χ1n) is 6.09. The second kappa shape index (κ2) is 5.29. The van der Waals surface area contributed by atoms with E-state index in [0.717, 1.165) is 6.07 Å². The van der Waals surface area contributed by atoms with Crippen LogP contribution in [0.25, 0.3) is 0 Å². The number of hydrogen-bond donors (Lipinski definition) is 0. The first-order valence-corrected chi connectivity index (χ1v) is 7.53. The van der Waals surface area contributed by atoms with Gasteiger partial charge in [0.25, 0.3) is 5.69 Å². The lowest BCUT2D eigenvalue weighted by Crippen LogP contribution is -2.43. The number of hydrogen-bond acceptors (Lipinski definition) is 5. The SMILES string of the molecule is CC1CN(S(=O)(=O)c2cccc([N+](=O)[O-])c2)CCC1=O. The van der Waals surface area contributed by atoms with Crippen molar-refractivity contribution in [3.05, 3.63) is 34.4 Å². The van der Waals surface area contributed by atoms with Crippen molar-refractivity contribution in [2.24, 2.45) is 5.92 Å². The molecule has 2 rings (SSSR count). The maximum absolute atomic E-state index is 12.4. The van der Waals surface area contributed by atoms with Gasteiger partial charge in [0.1, 0.15) is 5.78 Å². The van der Waals surface area contributed by atoms with E-state index in [1.165, 1.54) is 22.5 Å². The van der Waals surface area contributed by atoms with Crippen LogP contribution >= 0.6 is 0 Å². The van der Waals surface area contributed by atoms with E-state index in [-0.39, 0.29) is 41.8 Å². The van der Waals surface area contributed by atoms with Crippen molar-refractivity contribution in [1.29, 1.82) is 0 Å². The third kappa shape index (κ3) is 2.70. The van der Waals surface area contributed by atoms with Crippen LogP contribution < -0.4 is 0 Å². The molecule has 0 aliphatic carbocycles. The molecule has 0 spiro atoms. The van der Waals surface area contributed by atoms with Gasteiger partial charge in [0, 0.05) is 37.6 Å². The summed E-state index contributed by atoms with van der Waals surface area (Å²) in [5, 5.41) is 10.7. The fraction of sp³-hybridized carbons (Fsp3) is 0.417. The van der Waals surface area contributed by atoms with E-state index in [9.17, 15) is 23.3 Å². The quantitative estimate of drug-likeness (QED) is 0.616. The highest BCUT2D eigenvalue weighted by atomic mass is 32.2. The molecule has 20 heavy (non-hydrogen) atoms. The zero-order valence-electron chi connectivity index (χ0n) is 10.9. The van der Waals surface area contributed by atoms with E-state index in [1.54, 1.807) is 6.92 Å². The number of ketones is 1. The number of rotatable bonds is 3. The van der Waals surface area contributed by atoms with Gasteiger partial charge in [0.05, 0.1) is 9.82 Å². The second-order valence-electron chi connectivity index (χ2n) is 4.73. The number of carbonyl (C=O) groups excluding carboxylic acids is 1. The van der Waals surface area contributed by atoms with Gasteiger partial charge < -0.3 is 0 Å². The van der Waals surface area contributed by atoms with Gasteiger partial charge in [-0.15, -0.1) is 0 Å². The first kappa shape index (κ1) is 14.6. The normalized spacial score (nSPS) is 20.9. The molecule has 1 aromatic rings. The van der Waals surface area contributed by atoms with Crippen molar-refractivity contribution >= 4 is 21.5 Å². The molecular formula is C12H14N2O5S. The predicted octanol–water partition coefficient (Wildman–Crippen LogP) is 1.19. The molecule has 1 heterocycles. The largest absolute Gasteiger partial charge is 0.299 e. The molecule has 1 unspecified atom stereocenters. The van der Waals surface area contributed by atoms with Gasteiger partial charge in [-0.3, -0.25) is 14.9 Å². The van der Waals surface area contributed by atoms with Crippen LogP contribution in [0.4, 0.5) is 5.69 Å². The molecular weight excluding hydrogens is 284 g/mol. The molecule has 1 saturated heterocycles. The smallest absolute Gasteiger partial charge is 0.270 e. The van der Waals surface area contributed by atoms with Gasteiger partial charge in [0.2, 0.25) is 10.0 Å². The van der Waals surface area contributed by atoms with Crippen LogP contribution in [-0.4, -0.2) is 36.5 Å². The molecule has 108 valence electrons. The molecule has 0 saturated carbocycles. The van der Waals surface area contributed by atoms with E-state index in [0.29, 0.717) is 0 Å². The number of piperidine rings is 1. The number of Topliss-reactive ketones (excluding diaryl/α,β-unsaturated/α-hetero) is 1. The van der Waals surface area contributed by atoms with Crippen LogP contribution in [0.2, 0.25) is 0 Å². The Bertz CT molecular complexity index is 656. The molecule has 1 aliphatic rings. The van der Waals surface area contributed by atoms with Gasteiger partial charge in [-0.2, -0.15) is 4.31 Å². The molecule has 0 bridgehead atoms. The highest BCUT2D eigenvalue weighted by Gasteiger charge is 2.32. The van der Waals surface area contributed by atoms with Crippen molar-refractivity contribution in [2.75, 3.05) is 13.1 Å². The molecule has 7 nitrogen and oxygen atoms in total. The summed E-state index contributed by atoms with van der Waals surface area (Å²) in [5.41, 5.74) is -0.271. The summed E-state index contributed by atoms with van der Waals surface area (Å²) in [6.07, 6.45) is 0.176.